The molecule has 10 heteroatoms. The molecule has 1 saturated heterocycles. The fourth-order valence-electron chi connectivity index (χ4n) is 3.72. The quantitative estimate of drug-likeness (QED) is 0.479. The number of carbonyl (C=O) groups excluding carboxylic acids is 1. The van der Waals surface area contributed by atoms with Crippen molar-refractivity contribution in [2.24, 2.45) is 11.8 Å². The highest BCUT2D eigenvalue weighted by Crippen LogP contribution is 2.29. The number of sulfonamides is 1. The lowest BCUT2D eigenvalue weighted by Crippen LogP contribution is -2.44. The molecule has 1 atom stereocenters. The lowest BCUT2D eigenvalue weighted by molar-refractivity contribution is -0.134. The number of aromatic nitrogens is 2. The smallest absolute Gasteiger partial charge is 0.247 e. The SMILES string of the molecule is CC(C)C(CS(=O)(=O)N1CCC(c2ncc(-c3ccc(Cl)cc3)cn2)CC1)C(=O)NO. The van der Waals surface area contributed by atoms with E-state index >= 15 is 0 Å². The zero-order chi connectivity index (χ0) is 22.6. The molecular weight excluding hydrogens is 440 g/mol. The third-order valence-corrected chi connectivity index (χ3v) is 7.89. The van der Waals surface area contributed by atoms with Crippen LogP contribution in [-0.4, -0.2) is 52.6 Å². The molecule has 8 nitrogen and oxygen atoms in total. The number of nitrogens with one attached hydrogen (secondary N) is 1. The van der Waals surface area contributed by atoms with Crippen molar-refractivity contribution in [2.75, 3.05) is 18.8 Å². The minimum atomic E-state index is -3.62. The second-order valence-corrected chi connectivity index (χ2v) is 10.6. The highest BCUT2D eigenvalue weighted by molar-refractivity contribution is 7.89. The summed E-state index contributed by atoms with van der Waals surface area (Å²) in [6.45, 7) is 4.21. The maximum atomic E-state index is 12.8. The van der Waals surface area contributed by atoms with E-state index in [-0.39, 0.29) is 17.6 Å². The summed E-state index contributed by atoms with van der Waals surface area (Å²) < 4.78 is 27.0. The molecule has 3 rings (SSSR count). The van der Waals surface area contributed by atoms with Crippen molar-refractivity contribution in [3.05, 3.63) is 47.5 Å². The summed E-state index contributed by atoms with van der Waals surface area (Å²) in [7, 11) is -3.62. The highest BCUT2D eigenvalue weighted by Gasteiger charge is 2.34. The van der Waals surface area contributed by atoms with E-state index in [1.54, 1.807) is 31.7 Å². The molecule has 1 unspecified atom stereocenters. The Balaban J connectivity index is 1.62. The van der Waals surface area contributed by atoms with Gasteiger partial charge in [-0.15, -0.1) is 0 Å². The summed E-state index contributed by atoms with van der Waals surface area (Å²) in [5, 5.41) is 9.57. The molecule has 31 heavy (non-hydrogen) atoms. The van der Waals surface area contributed by atoms with Crippen molar-refractivity contribution in [2.45, 2.75) is 32.6 Å². The molecule has 2 N–H and O–H groups in total. The van der Waals surface area contributed by atoms with Crippen LogP contribution in [0.25, 0.3) is 11.1 Å². The van der Waals surface area contributed by atoms with Crippen LogP contribution in [0.4, 0.5) is 0 Å². The average molecular weight is 467 g/mol. The van der Waals surface area contributed by atoms with Crippen LogP contribution in [0.3, 0.4) is 0 Å². The molecule has 2 aromatic rings. The van der Waals surface area contributed by atoms with Crippen LogP contribution >= 0.6 is 11.6 Å². The van der Waals surface area contributed by atoms with E-state index < -0.39 is 21.8 Å². The second-order valence-electron chi connectivity index (χ2n) is 8.12. The molecular formula is C21H27ClN4O4S. The van der Waals surface area contributed by atoms with Crippen LogP contribution < -0.4 is 5.48 Å². The molecule has 1 aliphatic heterocycles. The first-order valence-corrected chi connectivity index (χ1v) is 12.2. The Bertz CT molecular complexity index is 989. The molecule has 0 spiro atoms. The highest BCUT2D eigenvalue weighted by atomic mass is 35.5. The largest absolute Gasteiger partial charge is 0.289 e. The number of halogens is 1. The minimum Gasteiger partial charge on any atom is -0.289 e. The molecule has 0 bridgehead atoms. The summed E-state index contributed by atoms with van der Waals surface area (Å²) in [6.07, 6.45) is 4.76. The van der Waals surface area contributed by atoms with Gasteiger partial charge in [-0.2, -0.15) is 0 Å². The molecule has 1 aromatic carbocycles. The Kier molecular flexibility index (Phi) is 7.64. The lowest BCUT2D eigenvalue weighted by atomic mass is 9.97. The van der Waals surface area contributed by atoms with Gasteiger partial charge in [0, 0.05) is 42.0 Å². The van der Waals surface area contributed by atoms with Gasteiger partial charge in [0.2, 0.25) is 15.9 Å². The van der Waals surface area contributed by atoms with Crippen molar-refractivity contribution < 1.29 is 18.4 Å². The first-order chi connectivity index (χ1) is 14.7. The predicted molar refractivity (Wildman–Crippen MR) is 118 cm³/mol. The van der Waals surface area contributed by atoms with Gasteiger partial charge in [0.05, 0.1) is 11.7 Å². The van der Waals surface area contributed by atoms with E-state index in [0.29, 0.717) is 36.8 Å². The van der Waals surface area contributed by atoms with Crippen molar-refractivity contribution in [3.8, 4) is 11.1 Å². The lowest BCUT2D eigenvalue weighted by Gasteiger charge is -2.32. The van der Waals surface area contributed by atoms with Gasteiger partial charge < -0.3 is 0 Å². The van der Waals surface area contributed by atoms with E-state index in [0.717, 1.165) is 11.1 Å². The normalized spacial score (nSPS) is 16.9. The Labute approximate surface area is 187 Å². The number of hydrogen-bond acceptors (Lipinski definition) is 6. The molecule has 2 heterocycles. The van der Waals surface area contributed by atoms with E-state index in [9.17, 15) is 13.2 Å². The molecule has 0 saturated carbocycles. The van der Waals surface area contributed by atoms with Crippen LogP contribution in [0, 0.1) is 11.8 Å². The van der Waals surface area contributed by atoms with E-state index in [2.05, 4.69) is 9.97 Å². The third-order valence-electron chi connectivity index (χ3n) is 5.70. The number of hydroxylamine groups is 1. The van der Waals surface area contributed by atoms with Crippen molar-refractivity contribution in [3.63, 3.8) is 0 Å². The van der Waals surface area contributed by atoms with Gasteiger partial charge in [0.1, 0.15) is 5.82 Å². The zero-order valence-corrected chi connectivity index (χ0v) is 19.1. The minimum absolute atomic E-state index is 0.0763. The molecule has 1 fully saturated rings. The molecule has 0 aliphatic carbocycles. The average Bonchev–Trinajstić information content (AvgIpc) is 2.77. The number of carbonyl (C=O) groups is 1. The Hall–Kier alpha value is -2.07. The van der Waals surface area contributed by atoms with Gasteiger partial charge in [-0.3, -0.25) is 10.0 Å². The van der Waals surface area contributed by atoms with Crippen LogP contribution in [-0.2, 0) is 14.8 Å². The Morgan fingerprint density at radius 2 is 1.74 bits per heavy atom. The van der Waals surface area contributed by atoms with Gasteiger partial charge >= 0.3 is 0 Å². The maximum absolute atomic E-state index is 12.8. The van der Waals surface area contributed by atoms with E-state index in [1.807, 2.05) is 24.3 Å². The van der Waals surface area contributed by atoms with Crippen LogP contribution in [0.2, 0.25) is 5.02 Å². The molecule has 168 valence electrons. The number of amides is 1. The van der Waals surface area contributed by atoms with Crippen molar-refractivity contribution in [1.29, 1.82) is 0 Å². The van der Waals surface area contributed by atoms with Crippen LogP contribution in [0.5, 0.6) is 0 Å². The third kappa shape index (κ3) is 5.79. The summed E-state index contributed by atoms with van der Waals surface area (Å²) in [4.78, 5) is 20.8. The number of rotatable bonds is 7. The molecule has 1 aromatic heterocycles. The number of piperidine rings is 1. The number of nitrogens with zero attached hydrogens (tertiary/aromatic N) is 3. The summed E-state index contributed by atoms with van der Waals surface area (Å²) in [5.74, 6) is -1.25. The first-order valence-electron chi connectivity index (χ1n) is 10.2. The fourth-order valence-corrected chi connectivity index (χ4v) is 5.81. The Morgan fingerprint density at radius 3 is 2.26 bits per heavy atom. The van der Waals surface area contributed by atoms with Gasteiger partial charge in [0.15, 0.2) is 0 Å². The van der Waals surface area contributed by atoms with Gasteiger partial charge in [-0.25, -0.2) is 28.2 Å². The predicted octanol–water partition coefficient (Wildman–Crippen LogP) is 3.08. The Morgan fingerprint density at radius 1 is 1.16 bits per heavy atom. The summed E-state index contributed by atoms with van der Waals surface area (Å²) in [5.41, 5.74) is 3.44. The molecule has 0 radical (unpaired) electrons. The summed E-state index contributed by atoms with van der Waals surface area (Å²) in [6, 6.07) is 7.45. The fraction of sp³-hybridized carbons (Fsp3) is 0.476. The van der Waals surface area contributed by atoms with E-state index in [1.165, 1.54) is 4.31 Å². The number of benzene rings is 1. The number of hydrogen-bond donors (Lipinski definition) is 2. The van der Waals surface area contributed by atoms with Crippen LogP contribution in [0.15, 0.2) is 36.7 Å². The molecule has 1 amide bonds. The standard InChI is InChI=1S/C21H27ClN4O4S/c1-14(2)19(21(27)25-28)13-31(29,30)26-9-7-16(8-10-26)20-23-11-17(12-24-20)15-3-5-18(22)6-4-15/h3-6,11-12,14,16,19,28H,7-10,13H2,1-2H3,(H,25,27). The van der Waals surface area contributed by atoms with Crippen molar-refractivity contribution in [1.82, 2.24) is 19.8 Å². The second kappa shape index (κ2) is 10.0. The summed E-state index contributed by atoms with van der Waals surface area (Å²) >= 11 is 5.93. The first kappa shape index (κ1) is 23.6. The molecule has 1 aliphatic rings. The van der Waals surface area contributed by atoms with Gasteiger partial charge in [-0.1, -0.05) is 37.6 Å². The van der Waals surface area contributed by atoms with E-state index in [4.69, 9.17) is 16.8 Å². The van der Waals surface area contributed by atoms with Crippen molar-refractivity contribution >= 4 is 27.5 Å². The topological polar surface area (TPSA) is 112 Å². The monoisotopic (exact) mass is 466 g/mol. The zero-order valence-electron chi connectivity index (χ0n) is 17.5. The van der Waals surface area contributed by atoms with Gasteiger partial charge in [0.25, 0.3) is 0 Å². The maximum Gasteiger partial charge on any atom is 0.247 e. The van der Waals surface area contributed by atoms with Crippen LogP contribution in [0.1, 0.15) is 38.4 Å². The van der Waals surface area contributed by atoms with Gasteiger partial charge in [-0.05, 0) is 36.5 Å².